The molecule has 0 heterocycles. The van der Waals surface area contributed by atoms with Gasteiger partial charge in [-0.1, -0.05) is 12.1 Å². The molecule has 5 nitrogen and oxygen atoms in total. The fourth-order valence-corrected chi connectivity index (χ4v) is 1.55. The molecule has 0 radical (unpaired) electrons. The number of nitrogens with one attached hydrogen (secondary N) is 3. The van der Waals surface area contributed by atoms with Gasteiger partial charge >= 0.3 is 0 Å². The molecule has 0 aromatic heterocycles. The Labute approximate surface area is 113 Å². The van der Waals surface area contributed by atoms with Gasteiger partial charge in [0, 0.05) is 5.54 Å². The Morgan fingerprint density at radius 2 is 1.79 bits per heavy atom. The molecule has 104 valence electrons. The number of anilines is 1. The van der Waals surface area contributed by atoms with E-state index in [0.717, 1.165) is 0 Å². The molecule has 19 heavy (non-hydrogen) atoms. The zero-order valence-electron chi connectivity index (χ0n) is 11.8. The van der Waals surface area contributed by atoms with Gasteiger partial charge in [0.2, 0.25) is 5.91 Å². The molecule has 0 fully saturated rings. The highest BCUT2D eigenvalue weighted by Crippen LogP contribution is 2.16. The SMILES string of the molecule is CNCC(=O)Nc1ccccc1C(=O)NC(C)(C)C. The van der Waals surface area contributed by atoms with Gasteiger partial charge in [-0.2, -0.15) is 0 Å². The lowest BCUT2D eigenvalue weighted by Crippen LogP contribution is -2.41. The molecule has 0 spiro atoms. The van der Waals surface area contributed by atoms with E-state index in [2.05, 4.69) is 16.0 Å². The van der Waals surface area contributed by atoms with Crippen molar-refractivity contribution in [1.29, 1.82) is 0 Å². The van der Waals surface area contributed by atoms with Crippen LogP contribution in [0.4, 0.5) is 5.69 Å². The summed E-state index contributed by atoms with van der Waals surface area (Å²) in [7, 11) is 1.69. The third-order valence-corrected chi connectivity index (χ3v) is 2.27. The first-order chi connectivity index (χ1) is 8.83. The van der Waals surface area contributed by atoms with Crippen molar-refractivity contribution >= 4 is 17.5 Å². The number of hydrogen-bond donors (Lipinski definition) is 3. The topological polar surface area (TPSA) is 70.2 Å². The average Bonchev–Trinajstić information content (AvgIpc) is 2.27. The number of para-hydroxylation sites is 1. The Bertz CT molecular complexity index is 464. The second-order valence-corrected chi connectivity index (χ2v) is 5.33. The van der Waals surface area contributed by atoms with Crippen LogP contribution in [0, 0.1) is 0 Å². The highest BCUT2D eigenvalue weighted by atomic mass is 16.2. The van der Waals surface area contributed by atoms with Gasteiger partial charge in [0.25, 0.3) is 5.91 Å². The minimum Gasteiger partial charge on any atom is -0.347 e. The quantitative estimate of drug-likeness (QED) is 0.768. The maximum atomic E-state index is 12.1. The average molecular weight is 263 g/mol. The van der Waals surface area contributed by atoms with Crippen LogP contribution >= 0.6 is 0 Å². The van der Waals surface area contributed by atoms with E-state index in [1.807, 2.05) is 20.8 Å². The van der Waals surface area contributed by atoms with Gasteiger partial charge in [-0.15, -0.1) is 0 Å². The summed E-state index contributed by atoms with van der Waals surface area (Å²) in [4.78, 5) is 23.7. The van der Waals surface area contributed by atoms with Crippen molar-refractivity contribution in [3.8, 4) is 0 Å². The van der Waals surface area contributed by atoms with Crippen molar-refractivity contribution in [3.05, 3.63) is 29.8 Å². The van der Waals surface area contributed by atoms with Crippen LogP contribution in [0.5, 0.6) is 0 Å². The summed E-state index contributed by atoms with van der Waals surface area (Å²) >= 11 is 0. The Balaban J connectivity index is 2.89. The molecule has 0 aliphatic carbocycles. The second-order valence-electron chi connectivity index (χ2n) is 5.33. The van der Waals surface area contributed by atoms with E-state index >= 15 is 0 Å². The molecule has 5 heteroatoms. The maximum absolute atomic E-state index is 12.1. The van der Waals surface area contributed by atoms with E-state index in [9.17, 15) is 9.59 Å². The molecule has 0 saturated carbocycles. The zero-order valence-corrected chi connectivity index (χ0v) is 11.8. The number of carbonyl (C=O) groups excluding carboxylic acids is 2. The number of rotatable bonds is 4. The van der Waals surface area contributed by atoms with Gasteiger partial charge in [-0.25, -0.2) is 0 Å². The third kappa shape index (κ3) is 5.09. The molecule has 0 saturated heterocycles. The summed E-state index contributed by atoms with van der Waals surface area (Å²) in [6.07, 6.45) is 0. The first kappa shape index (κ1) is 15.2. The van der Waals surface area contributed by atoms with Gasteiger partial charge < -0.3 is 16.0 Å². The highest BCUT2D eigenvalue weighted by Gasteiger charge is 2.18. The van der Waals surface area contributed by atoms with Crippen molar-refractivity contribution in [2.24, 2.45) is 0 Å². The third-order valence-electron chi connectivity index (χ3n) is 2.27. The standard InChI is InChI=1S/C14H21N3O2/c1-14(2,3)17-13(19)10-7-5-6-8-11(10)16-12(18)9-15-4/h5-8,15H,9H2,1-4H3,(H,16,18)(H,17,19). The van der Waals surface area contributed by atoms with E-state index in [0.29, 0.717) is 11.3 Å². The number of carbonyl (C=O) groups is 2. The number of hydrogen-bond acceptors (Lipinski definition) is 3. The van der Waals surface area contributed by atoms with E-state index in [1.165, 1.54) is 0 Å². The monoisotopic (exact) mass is 263 g/mol. The van der Waals surface area contributed by atoms with E-state index in [4.69, 9.17) is 0 Å². The van der Waals surface area contributed by atoms with E-state index in [1.54, 1.807) is 31.3 Å². The van der Waals surface area contributed by atoms with Gasteiger partial charge in [0.1, 0.15) is 0 Å². The summed E-state index contributed by atoms with van der Waals surface area (Å²) in [5.41, 5.74) is 0.658. The molecule has 3 N–H and O–H groups in total. The van der Waals surface area contributed by atoms with Gasteiger partial charge in [-0.3, -0.25) is 9.59 Å². The fraction of sp³-hybridized carbons (Fsp3) is 0.429. The Hall–Kier alpha value is -1.88. The van der Waals surface area contributed by atoms with Crippen molar-refractivity contribution in [1.82, 2.24) is 10.6 Å². The first-order valence-corrected chi connectivity index (χ1v) is 6.19. The minimum atomic E-state index is -0.320. The Kier molecular flexibility index (Phi) is 5.06. The number of likely N-dealkylation sites (N-methyl/N-ethyl adjacent to an activating group) is 1. The molecule has 1 rings (SSSR count). The lowest BCUT2D eigenvalue weighted by atomic mass is 10.1. The molecular weight excluding hydrogens is 242 g/mol. The van der Waals surface area contributed by atoms with Crippen LogP contribution < -0.4 is 16.0 Å². The molecule has 0 aliphatic heterocycles. The molecule has 0 atom stereocenters. The van der Waals surface area contributed by atoms with Crippen molar-refractivity contribution < 1.29 is 9.59 Å². The summed E-state index contributed by atoms with van der Waals surface area (Å²) in [5.74, 6) is -0.383. The molecule has 2 amide bonds. The summed E-state index contributed by atoms with van der Waals surface area (Å²) < 4.78 is 0. The Morgan fingerprint density at radius 3 is 2.37 bits per heavy atom. The van der Waals surface area contributed by atoms with Crippen molar-refractivity contribution in [2.75, 3.05) is 18.9 Å². The molecular formula is C14H21N3O2. The van der Waals surface area contributed by atoms with Crippen LogP contribution in [0.1, 0.15) is 31.1 Å². The Morgan fingerprint density at radius 1 is 1.16 bits per heavy atom. The van der Waals surface area contributed by atoms with Crippen LogP contribution in [-0.2, 0) is 4.79 Å². The van der Waals surface area contributed by atoms with E-state index < -0.39 is 0 Å². The van der Waals surface area contributed by atoms with Crippen LogP contribution in [0.15, 0.2) is 24.3 Å². The van der Waals surface area contributed by atoms with Gasteiger partial charge in [-0.05, 0) is 40.0 Å². The van der Waals surface area contributed by atoms with Crippen LogP contribution in [0.2, 0.25) is 0 Å². The molecule has 0 unspecified atom stereocenters. The van der Waals surface area contributed by atoms with Crippen molar-refractivity contribution in [3.63, 3.8) is 0 Å². The first-order valence-electron chi connectivity index (χ1n) is 6.19. The van der Waals surface area contributed by atoms with Crippen LogP contribution in [-0.4, -0.2) is 30.9 Å². The zero-order chi connectivity index (χ0) is 14.5. The number of amides is 2. The smallest absolute Gasteiger partial charge is 0.253 e. The largest absolute Gasteiger partial charge is 0.347 e. The predicted octanol–water partition coefficient (Wildman–Crippen LogP) is 1.37. The van der Waals surface area contributed by atoms with Crippen LogP contribution in [0.25, 0.3) is 0 Å². The number of benzene rings is 1. The molecule has 1 aromatic carbocycles. The minimum absolute atomic E-state index is 0.182. The van der Waals surface area contributed by atoms with Crippen molar-refractivity contribution in [2.45, 2.75) is 26.3 Å². The molecule has 0 bridgehead atoms. The summed E-state index contributed by atoms with van der Waals surface area (Å²) in [5, 5.41) is 8.35. The fourth-order valence-electron chi connectivity index (χ4n) is 1.55. The summed E-state index contributed by atoms with van der Waals surface area (Å²) in [6.45, 7) is 5.93. The predicted molar refractivity (Wildman–Crippen MR) is 76.2 cm³/mol. The molecule has 1 aromatic rings. The lowest BCUT2D eigenvalue weighted by molar-refractivity contribution is -0.115. The molecule has 0 aliphatic rings. The highest BCUT2D eigenvalue weighted by molar-refractivity contribution is 6.04. The van der Waals surface area contributed by atoms with Crippen LogP contribution in [0.3, 0.4) is 0 Å². The van der Waals surface area contributed by atoms with Gasteiger partial charge in [0.05, 0.1) is 17.8 Å². The second kappa shape index (κ2) is 6.33. The normalized spacial score (nSPS) is 10.9. The van der Waals surface area contributed by atoms with Gasteiger partial charge in [0.15, 0.2) is 0 Å². The summed E-state index contributed by atoms with van der Waals surface area (Å²) in [6, 6.07) is 6.95. The maximum Gasteiger partial charge on any atom is 0.253 e. The van der Waals surface area contributed by atoms with E-state index in [-0.39, 0.29) is 23.9 Å². The lowest BCUT2D eigenvalue weighted by Gasteiger charge is -2.21.